The highest BCUT2D eigenvalue weighted by molar-refractivity contribution is 6.30. The lowest BCUT2D eigenvalue weighted by molar-refractivity contribution is -0.141. The van der Waals surface area contributed by atoms with E-state index in [1.807, 2.05) is 0 Å². The van der Waals surface area contributed by atoms with Crippen LogP contribution >= 0.6 is 11.6 Å². The number of aliphatic carboxylic acids is 1. The van der Waals surface area contributed by atoms with Gasteiger partial charge in [-0.3, -0.25) is 9.48 Å². The molecule has 0 unspecified atom stereocenters. The molecule has 0 aromatic carbocycles. The zero-order chi connectivity index (χ0) is 11.6. The molecule has 1 aliphatic rings. The first-order valence-electron chi connectivity index (χ1n) is 5.13. The molecule has 1 aromatic heterocycles. The van der Waals surface area contributed by atoms with Crippen LogP contribution in [0.25, 0.3) is 0 Å². The quantitative estimate of drug-likeness (QED) is 0.876. The number of ether oxygens (including phenoxy) is 1. The van der Waals surface area contributed by atoms with Gasteiger partial charge >= 0.3 is 5.97 Å². The van der Waals surface area contributed by atoms with Crippen LogP contribution in [0.5, 0.6) is 0 Å². The van der Waals surface area contributed by atoms with Gasteiger partial charge in [0.25, 0.3) is 0 Å². The van der Waals surface area contributed by atoms with Crippen molar-refractivity contribution >= 4 is 17.6 Å². The van der Waals surface area contributed by atoms with Crippen LogP contribution in [-0.4, -0.2) is 34.1 Å². The van der Waals surface area contributed by atoms with E-state index < -0.39 is 11.5 Å². The van der Waals surface area contributed by atoms with Gasteiger partial charge in [0.05, 0.1) is 23.2 Å². The van der Waals surface area contributed by atoms with Crippen molar-refractivity contribution in [2.75, 3.05) is 13.2 Å². The highest BCUT2D eigenvalue weighted by Gasteiger charge is 2.37. The van der Waals surface area contributed by atoms with E-state index in [1.165, 1.54) is 6.20 Å². The van der Waals surface area contributed by atoms with Crippen molar-refractivity contribution < 1.29 is 14.6 Å². The summed E-state index contributed by atoms with van der Waals surface area (Å²) in [6.07, 6.45) is 4.55. The lowest BCUT2D eigenvalue weighted by Crippen LogP contribution is -2.41. The van der Waals surface area contributed by atoms with Crippen LogP contribution in [0.2, 0.25) is 5.02 Å². The first kappa shape index (κ1) is 11.4. The third kappa shape index (κ3) is 2.20. The SMILES string of the molecule is O=C(O)CC1(n2cc(Cl)cn2)CCOCC1. The fourth-order valence-electron chi connectivity index (χ4n) is 2.08. The molecule has 0 amide bonds. The Morgan fingerprint density at radius 1 is 1.62 bits per heavy atom. The van der Waals surface area contributed by atoms with Gasteiger partial charge in [-0.25, -0.2) is 0 Å². The molecule has 1 N–H and O–H groups in total. The average Bonchev–Trinajstić information content (AvgIpc) is 2.66. The third-order valence-electron chi connectivity index (χ3n) is 2.94. The lowest BCUT2D eigenvalue weighted by atomic mass is 9.87. The van der Waals surface area contributed by atoms with Crippen LogP contribution in [-0.2, 0) is 15.1 Å². The summed E-state index contributed by atoms with van der Waals surface area (Å²) >= 11 is 5.82. The zero-order valence-corrected chi connectivity index (χ0v) is 9.48. The Balaban J connectivity index is 2.29. The summed E-state index contributed by atoms with van der Waals surface area (Å²) in [5.41, 5.74) is -0.489. The van der Waals surface area contributed by atoms with Crippen LogP contribution < -0.4 is 0 Å². The minimum Gasteiger partial charge on any atom is -0.481 e. The number of carbonyl (C=O) groups is 1. The standard InChI is InChI=1S/C10H13ClN2O3/c11-8-6-12-13(7-8)10(5-9(14)15)1-3-16-4-2-10/h6-7H,1-5H2,(H,14,15). The second-order valence-electron chi connectivity index (χ2n) is 4.01. The predicted octanol–water partition coefficient (Wildman–Crippen LogP) is 1.52. The molecule has 6 heteroatoms. The van der Waals surface area contributed by atoms with Crippen molar-refractivity contribution in [2.45, 2.75) is 24.8 Å². The van der Waals surface area contributed by atoms with E-state index in [4.69, 9.17) is 21.4 Å². The maximum atomic E-state index is 10.9. The molecule has 0 atom stereocenters. The third-order valence-corrected chi connectivity index (χ3v) is 3.14. The summed E-state index contributed by atoms with van der Waals surface area (Å²) in [7, 11) is 0. The van der Waals surface area contributed by atoms with Gasteiger partial charge in [-0.05, 0) is 12.8 Å². The van der Waals surface area contributed by atoms with Crippen molar-refractivity contribution in [3.8, 4) is 0 Å². The molecule has 88 valence electrons. The molecule has 0 aliphatic carbocycles. The van der Waals surface area contributed by atoms with Crippen LogP contribution in [0, 0.1) is 0 Å². The number of rotatable bonds is 3. The van der Waals surface area contributed by atoms with Crippen LogP contribution in [0.4, 0.5) is 0 Å². The summed E-state index contributed by atoms with van der Waals surface area (Å²) in [5, 5.41) is 13.6. The molecule has 0 saturated carbocycles. The van der Waals surface area contributed by atoms with E-state index in [1.54, 1.807) is 10.9 Å². The minimum atomic E-state index is -0.825. The van der Waals surface area contributed by atoms with E-state index in [-0.39, 0.29) is 6.42 Å². The second kappa shape index (κ2) is 4.43. The highest BCUT2D eigenvalue weighted by Crippen LogP contribution is 2.32. The van der Waals surface area contributed by atoms with Gasteiger partial charge < -0.3 is 9.84 Å². The first-order chi connectivity index (χ1) is 7.62. The molecule has 0 radical (unpaired) electrons. The van der Waals surface area contributed by atoms with Gasteiger partial charge in [-0.2, -0.15) is 5.10 Å². The molecule has 0 spiro atoms. The Morgan fingerprint density at radius 2 is 2.31 bits per heavy atom. The van der Waals surface area contributed by atoms with Crippen molar-refractivity contribution in [3.63, 3.8) is 0 Å². The Bertz CT molecular complexity index is 385. The van der Waals surface area contributed by atoms with Crippen LogP contribution in [0.1, 0.15) is 19.3 Å². The van der Waals surface area contributed by atoms with Gasteiger partial charge in [-0.15, -0.1) is 0 Å². The van der Waals surface area contributed by atoms with E-state index in [0.29, 0.717) is 31.1 Å². The summed E-state index contributed by atoms with van der Waals surface area (Å²) in [5.74, 6) is -0.825. The number of carboxylic acid groups (broad SMARTS) is 1. The van der Waals surface area contributed by atoms with E-state index in [2.05, 4.69) is 5.10 Å². The Labute approximate surface area is 98.0 Å². The largest absolute Gasteiger partial charge is 0.481 e. The summed E-state index contributed by atoms with van der Waals surface area (Å²) in [6.45, 7) is 1.12. The molecule has 1 aliphatic heterocycles. The molecule has 1 aromatic rings. The molecular formula is C10H13ClN2O3. The van der Waals surface area contributed by atoms with Gasteiger partial charge in [0.1, 0.15) is 0 Å². The Morgan fingerprint density at radius 3 is 2.81 bits per heavy atom. The molecule has 0 bridgehead atoms. The fraction of sp³-hybridized carbons (Fsp3) is 0.600. The van der Waals surface area contributed by atoms with Gasteiger partial charge in [0.2, 0.25) is 0 Å². The second-order valence-corrected chi connectivity index (χ2v) is 4.45. The normalized spacial score (nSPS) is 19.6. The minimum absolute atomic E-state index is 0.0500. The smallest absolute Gasteiger partial charge is 0.305 e. The Hall–Kier alpha value is -1.07. The molecule has 16 heavy (non-hydrogen) atoms. The number of hydrogen-bond donors (Lipinski definition) is 1. The van der Waals surface area contributed by atoms with Crippen LogP contribution in [0.3, 0.4) is 0 Å². The lowest BCUT2D eigenvalue weighted by Gasteiger charge is -2.36. The van der Waals surface area contributed by atoms with Crippen molar-refractivity contribution in [3.05, 3.63) is 17.4 Å². The number of hydrogen-bond acceptors (Lipinski definition) is 3. The fourth-order valence-corrected chi connectivity index (χ4v) is 2.22. The van der Waals surface area contributed by atoms with Gasteiger partial charge in [-0.1, -0.05) is 11.6 Å². The summed E-state index contributed by atoms with van der Waals surface area (Å²) in [4.78, 5) is 10.9. The monoisotopic (exact) mass is 244 g/mol. The first-order valence-corrected chi connectivity index (χ1v) is 5.50. The molecule has 5 nitrogen and oxygen atoms in total. The van der Waals surface area contributed by atoms with E-state index in [0.717, 1.165) is 0 Å². The summed E-state index contributed by atoms with van der Waals surface area (Å²) in [6, 6.07) is 0. The van der Waals surface area contributed by atoms with E-state index in [9.17, 15) is 4.79 Å². The topological polar surface area (TPSA) is 64.3 Å². The number of nitrogens with zero attached hydrogens (tertiary/aromatic N) is 2. The highest BCUT2D eigenvalue weighted by atomic mass is 35.5. The van der Waals surface area contributed by atoms with Crippen LogP contribution in [0.15, 0.2) is 12.4 Å². The maximum Gasteiger partial charge on any atom is 0.305 e. The summed E-state index contributed by atoms with van der Waals surface area (Å²) < 4.78 is 6.94. The maximum absolute atomic E-state index is 10.9. The van der Waals surface area contributed by atoms with Crippen molar-refractivity contribution in [1.82, 2.24) is 9.78 Å². The van der Waals surface area contributed by atoms with Crippen molar-refractivity contribution in [1.29, 1.82) is 0 Å². The van der Waals surface area contributed by atoms with Gasteiger partial charge in [0, 0.05) is 19.4 Å². The molecular weight excluding hydrogens is 232 g/mol. The number of carboxylic acids is 1. The Kier molecular flexibility index (Phi) is 3.16. The average molecular weight is 245 g/mol. The van der Waals surface area contributed by atoms with Gasteiger partial charge in [0.15, 0.2) is 0 Å². The number of halogens is 1. The zero-order valence-electron chi connectivity index (χ0n) is 8.73. The predicted molar refractivity (Wildman–Crippen MR) is 57.5 cm³/mol. The molecule has 2 heterocycles. The molecule has 2 rings (SSSR count). The molecule has 1 fully saturated rings. The van der Waals surface area contributed by atoms with E-state index >= 15 is 0 Å². The van der Waals surface area contributed by atoms with Crippen molar-refractivity contribution in [2.24, 2.45) is 0 Å². The molecule has 1 saturated heterocycles. The number of aromatic nitrogens is 2.